The second-order valence-electron chi connectivity index (χ2n) is 6.03. The molecule has 2 atom stereocenters. The Morgan fingerprint density at radius 3 is 2.68 bits per heavy atom. The van der Waals surface area contributed by atoms with Crippen LogP contribution in [0.2, 0.25) is 0 Å². The van der Waals surface area contributed by atoms with Gasteiger partial charge in [-0.05, 0) is 31.8 Å². The molecule has 0 radical (unpaired) electrons. The fraction of sp³-hybridized carbons (Fsp3) is 0.688. The highest BCUT2D eigenvalue weighted by Crippen LogP contribution is 2.25. The number of likely N-dealkylation sites (N-methyl/N-ethyl adjacent to an activating group) is 1. The summed E-state index contributed by atoms with van der Waals surface area (Å²) in [6.45, 7) is 9.02. The van der Waals surface area contributed by atoms with Crippen LogP contribution in [-0.4, -0.2) is 61.6 Å². The minimum Gasteiger partial charge on any atom is -0.336 e. The number of thiophene rings is 1. The predicted octanol–water partition coefficient (Wildman–Crippen LogP) is 2.13. The Morgan fingerprint density at radius 2 is 2.09 bits per heavy atom. The summed E-state index contributed by atoms with van der Waals surface area (Å²) in [5.41, 5.74) is 0. The number of carbonyl (C=O) groups excluding carboxylic acids is 1. The van der Waals surface area contributed by atoms with Crippen LogP contribution in [0.5, 0.6) is 0 Å². The summed E-state index contributed by atoms with van der Waals surface area (Å²) < 4.78 is 0. The summed E-state index contributed by atoms with van der Waals surface area (Å²) >= 11 is 1.77. The first kappa shape index (κ1) is 17.2. The molecule has 6 heteroatoms. The van der Waals surface area contributed by atoms with Gasteiger partial charge < -0.3 is 15.5 Å². The topological polar surface area (TPSA) is 47.6 Å². The average molecular weight is 324 g/mol. The lowest BCUT2D eigenvalue weighted by molar-refractivity contribution is 0.112. The molecule has 1 aromatic heterocycles. The molecule has 5 nitrogen and oxygen atoms in total. The van der Waals surface area contributed by atoms with E-state index in [4.69, 9.17) is 0 Å². The zero-order chi connectivity index (χ0) is 15.9. The van der Waals surface area contributed by atoms with Crippen LogP contribution in [0.25, 0.3) is 0 Å². The largest absolute Gasteiger partial charge is 0.336 e. The van der Waals surface area contributed by atoms with Crippen molar-refractivity contribution in [1.82, 2.24) is 20.4 Å². The molecule has 2 N–H and O–H groups in total. The third-order valence-corrected chi connectivity index (χ3v) is 5.27. The Hall–Kier alpha value is -1.11. The molecule has 0 aromatic carbocycles. The molecule has 22 heavy (non-hydrogen) atoms. The van der Waals surface area contributed by atoms with Crippen molar-refractivity contribution < 1.29 is 4.79 Å². The van der Waals surface area contributed by atoms with E-state index in [1.54, 1.807) is 11.3 Å². The maximum absolute atomic E-state index is 12.0. The molecule has 2 unspecified atom stereocenters. The van der Waals surface area contributed by atoms with Gasteiger partial charge in [-0.2, -0.15) is 0 Å². The van der Waals surface area contributed by atoms with Gasteiger partial charge in [-0.15, -0.1) is 11.3 Å². The van der Waals surface area contributed by atoms with Crippen molar-refractivity contribution in [2.24, 2.45) is 0 Å². The van der Waals surface area contributed by atoms with Gasteiger partial charge in [0.1, 0.15) is 0 Å². The average Bonchev–Trinajstić information content (AvgIpc) is 3.03. The van der Waals surface area contributed by atoms with E-state index in [1.807, 2.05) is 6.92 Å². The standard InChI is InChI=1S/C16H28N4OS/c1-4-13(2)18-16(21)17-12-14(15-6-5-11-22-15)20-9-7-19(3)8-10-20/h5-6,11,13-14H,4,7-10,12H2,1-3H3,(H2,17,18,21). The van der Waals surface area contributed by atoms with Gasteiger partial charge in [-0.1, -0.05) is 13.0 Å². The van der Waals surface area contributed by atoms with Gasteiger partial charge in [0.25, 0.3) is 0 Å². The van der Waals surface area contributed by atoms with E-state index in [2.05, 4.69) is 51.9 Å². The highest BCUT2D eigenvalue weighted by Gasteiger charge is 2.25. The number of nitrogens with one attached hydrogen (secondary N) is 2. The zero-order valence-corrected chi connectivity index (χ0v) is 14.7. The van der Waals surface area contributed by atoms with Gasteiger partial charge in [0, 0.05) is 43.6 Å². The first-order chi connectivity index (χ1) is 10.6. The molecule has 2 rings (SSSR count). The van der Waals surface area contributed by atoms with E-state index in [1.165, 1.54) is 4.88 Å². The summed E-state index contributed by atoms with van der Waals surface area (Å²) in [6, 6.07) is 4.68. The van der Waals surface area contributed by atoms with E-state index in [0.29, 0.717) is 6.54 Å². The minimum atomic E-state index is -0.0648. The molecular formula is C16H28N4OS. The number of piperazine rings is 1. The van der Waals surface area contributed by atoms with Crippen molar-refractivity contribution in [1.29, 1.82) is 0 Å². The van der Waals surface area contributed by atoms with Crippen molar-refractivity contribution in [2.75, 3.05) is 39.8 Å². The van der Waals surface area contributed by atoms with Crippen LogP contribution >= 0.6 is 11.3 Å². The summed E-state index contributed by atoms with van der Waals surface area (Å²) in [4.78, 5) is 18.1. The third kappa shape index (κ3) is 4.97. The monoisotopic (exact) mass is 324 g/mol. The number of amides is 2. The molecule has 0 aliphatic carbocycles. The van der Waals surface area contributed by atoms with Gasteiger partial charge in [-0.25, -0.2) is 4.79 Å². The molecule has 0 spiro atoms. The molecular weight excluding hydrogens is 296 g/mol. The SMILES string of the molecule is CCC(C)NC(=O)NCC(c1cccs1)N1CCN(C)CC1. The van der Waals surface area contributed by atoms with Crippen LogP contribution in [0.15, 0.2) is 17.5 Å². The molecule has 0 saturated carbocycles. The van der Waals surface area contributed by atoms with Crippen molar-refractivity contribution in [3.63, 3.8) is 0 Å². The van der Waals surface area contributed by atoms with Crippen LogP contribution in [0.1, 0.15) is 31.2 Å². The Balaban J connectivity index is 1.93. The molecule has 1 aliphatic heterocycles. The molecule has 1 aliphatic rings. The van der Waals surface area contributed by atoms with Gasteiger partial charge in [-0.3, -0.25) is 4.90 Å². The Labute approximate surface area is 137 Å². The first-order valence-corrected chi connectivity index (χ1v) is 8.98. The van der Waals surface area contributed by atoms with Crippen LogP contribution in [0.3, 0.4) is 0 Å². The van der Waals surface area contributed by atoms with Crippen LogP contribution in [0, 0.1) is 0 Å². The van der Waals surface area contributed by atoms with Gasteiger partial charge in [0.05, 0.1) is 6.04 Å². The number of nitrogens with zero attached hydrogens (tertiary/aromatic N) is 2. The minimum absolute atomic E-state index is 0.0648. The fourth-order valence-electron chi connectivity index (χ4n) is 2.59. The third-order valence-electron chi connectivity index (χ3n) is 4.30. The van der Waals surface area contributed by atoms with Crippen LogP contribution in [0.4, 0.5) is 4.79 Å². The second-order valence-corrected chi connectivity index (χ2v) is 7.01. The first-order valence-electron chi connectivity index (χ1n) is 8.10. The smallest absolute Gasteiger partial charge is 0.315 e. The number of hydrogen-bond acceptors (Lipinski definition) is 4. The van der Waals surface area contributed by atoms with E-state index in [9.17, 15) is 4.79 Å². The molecule has 124 valence electrons. The summed E-state index contributed by atoms with van der Waals surface area (Å²) in [7, 11) is 2.16. The fourth-order valence-corrected chi connectivity index (χ4v) is 3.45. The lowest BCUT2D eigenvalue weighted by atomic mass is 10.1. The van der Waals surface area contributed by atoms with Crippen LogP contribution < -0.4 is 10.6 Å². The molecule has 1 saturated heterocycles. The highest BCUT2D eigenvalue weighted by molar-refractivity contribution is 7.10. The number of urea groups is 1. The second kappa shape index (κ2) is 8.50. The van der Waals surface area contributed by atoms with Crippen molar-refractivity contribution in [3.05, 3.63) is 22.4 Å². The normalized spacial score (nSPS) is 19.6. The highest BCUT2D eigenvalue weighted by atomic mass is 32.1. The molecule has 2 heterocycles. The maximum atomic E-state index is 12.0. The summed E-state index contributed by atoms with van der Waals surface area (Å²) in [5.74, 6) is 0. The number of rotatable bonds is 6. The van der Waals surface area contributed by atoms with Crippen molar-refractivity contribution in [2.45, 2.75) is 32.4 Å². The van der Waals surface area contributed by atoms with Crippen LogP contribution in [-0.2, 0) is 0 Å². The Bertz CT molecular complexity index is 443. The number of hydrogen-bond donors (Lipinski definition) is 2. The molecule has 1 fully saturated rings. The lowest BCUT2D eigenvalue weighted by Crippen LogP contribution is -2.49. The summed E-state index contributed by atoms with van der Waals surface area (Å²) in [6.07, 6.45) is 0.945. The number of carbonyl (C=O) groups is 1. The lowest BCUT2D eigenvalue weighted by Gasteiger charge is -2.37. The van der Waals surface area contributed by atoms with E-state index >= 15 is 0 Å². The van der Waals surface area contributed by atoms with Crippen molar-refractivity contribution >= 4 is 17.4 Å². The zero-order valence-electron chi connectivity index (χ0n) is 13.8. The Morgan fingerprint density at radius 1 is 1.36 bits per heavy atom. The van der Waals surface area contributed by atoms with Crippen molar-refractivity contribution in [3.8, 4) is 0 Å². The maximum Gasteiger partial charge on any atom is 0.315 e. The van der Waals surface area contributed by atoms with Gasteiger partial charge in [0.15, 0.2) is 0 Å². The molecule has 2 amide bonds. The van der Waals surface area contributed by atoms with E-state index in [0.717, 1.165) is 32.6 Å². The Kier molecular flexibility index (Phi) is 6.67. The van der Waals surface area contributed by atoms with E-state index in [-0.39, 0.29) is 18.1 Å². The molecule has 1 aromatic rings. The van der Waals surface area contributed by atoms with E-state index < -0.39 is 0 Å². The quantitative estimate of drug-likeness (QED) is 0.843. The van der Waals surface area contributed by atoms with Gasteiger partial charge >= 0.3 is 6.03 Å². The summed E-state index contributed by atoms with van der Waals surface area (Å²) in [5, 5.41) is 8.12. The molecule has 0 bridgehead atoms. The van der Waals surface area contributed by atoms with Gasteiger partial charge in [0.2, 0.25) is 0 Å². The predicted molar refractivity (Wildman–Crippen MR) is 92.4 cm³/mol.